The summed E-state index contributed by atoms with van der Waals surface area (Å²) < 4.78 is 0. The van der Waals surface area contributed by atoms with E-state index in [0.29, 0.717) is 42.5 Å². The molecule has 1 aromatic carbocycles. The average Bonchev–Trinajstić information content (AvgIpc) is 3.41. The van der Waals surface area contributed by atoms with Crippen molar-refractivity contribution < 1.29 is 9.59 Å². The van der Waals surface area contributed by atoms with Crippen molar-refractivity contribution in [2.45, 2.75) is 0 Å². The molecule has 4 rings (SSSR count). The molecule has 1 aliphatic heterocycles. The van der Waals surface area contributed by atoms with Gasteiger partial charge in [0, 0.05) is 31.6 Å². The Kier molecular flexibility index (Phi) is 5.68. The molecule has 1 aliphatic rings. The molecule has 0 atom stereocenters. The lowest BCUT2D eigenvalue weighted by Crippen LogP contribution is -2.50. The number of rotatable bonds is 3. The second-order valence-corrected chi connectivity index (χ2v) is 8.79. The van der Waals surface area contributed by atoms with E-state index in [1.807, 2.05) is 17.5 Å². The van der Waals surface area contributed by atoms with Gasteiger partial charge in [-0.15, -0.1) is 22.7 Å². The van der Waals surface area contributed by atoms with Crippen LogP contribution in [0.1, 0.15) is 20.8 Å². The van der Waals surface area contributed by atoms with Gasteiger partial charge in [-0.3, -0.25) is 9.59 Å². The first-order valence-corrected chi connectivity index (χ1v) is 11.1. The molecule has 0 N–H and O–H groups in total. The number of aromatic nitrogens is 1. The Hall–Kier alpha value is -1.93. The van der Waals surface area contributed by atoms with Crippen molar-refractivity contribution in [3.8, 4) is 9.88 Å². The van der Waals surface area contributed by atoms with E-state index in [4.69, 9.17) is 23.2 Å². The lowest BCUT2D eigenvalue weighted by molar-refractivity contribution is 0.0533. The first kappa shape index (κ1) is 19.4. The van der Waals surface area contributed by atoms with Gasteiger partial charge in [0.15, 0.2) is 0 Å². The third-order valence-corrected chi connectivity index (χ3v) is 7.19. The van der Waals surface area contributed by atoms with E-state index in [9.17, 15) is 9.59 Å². The molecule has 2 aromatic heterocycles. The molecule has 28 heavy (non-hydrogen) atoms. The molecule has 1 fully saturated rings. The maximum Gasteiger partial charge on any atom is 0.273 e. The van der Waals surface area contributed by atoms with Crippen LogP contribution >= 0.6 is 45.9 Å². The number of nitrogens with zero attached hydrogens (tertiary/aromatic N) is 3. The molecule has 0 aliphatic carbocycles. The smallest absolute Gasteiger partial charge is 0.273 e. The zero-order valence-corrected chi connectivity index (χ0v) is 17.7. The summed E-state index contributed by atoms with van der Waals surface area (Å²) in [6, 6.07) is 8.97. The first-order chi connectivity index (χ1) is 13.5. The van der Waals surface area contributed by atoms with Crippen molar-refractivity contribution in [3.63, 3.8) is 0 Å². The summed E-state index contributed by atoms with van der Waals surface area (Å²) >= 11 is 15.2. The molecule has 0 radical (unpaired) electrons. The zero-order valence-electron chi connectivity index (χ0n) is 14.6. The van der Waals surface area contributed by atoms with E-state index in [1.165, 1.54) is 11.3 Å². The van der Waals surface area contributed by atoms with Gasteiger partial charge in [0.25, 0.3) is 11.8 Å². The van der Waals surface area contributed by atoms with Crippen molar-refractivity contribution >= 4 is 57.7 Å². The maximum absolute atomic E-state index is 12.8. The Labute approximate surface area is 180 Å². The summed E-state index contributed by atoms with van der Waals surface area (Å²) in [4.78, 5) is 34.4. The number of hydrogen-bond acceptors (Lipinski definition) is 5. The van der Waals surface area contributed by atoms with Crippen LogP contribution in [-0.4, -0.2) is 52.8 Å². The fourth-order valence-corrected chi connectivity index (χ4v) is 4.99. The van der Waals surface area contributed by atoms with Crippen LogP contribution in [0.25, 0.3) is 9.88 Å². The molecule has 144 valence electrons. The van der Waals surface area contributed by atoms with Gasteiger partial charge in [0.1, 0.15) is 10.7 Å². The van der Waals surface area contributed by atoms with Crippen LogP contribution < -0.4 is 0 Å². The molecule has 0 saturated carbocycles. The topological polar surface area (TPSA) is 53.5 Å². The third-order valence-electron chi connectivity index (χ3n) is 4.49. The minimum absolute atomic E-state index is 0.105. The van der Waals surface area contributed by atoms with Gasteiger partial charge >= 0.3 is 0 Å². The molecule has 0 unspecified atom stereocenters. The Morgan fingerprint density at radius 2 is 1.64 bits per heavy atom. The van der Waals surface area contributed by atoms with Gasteiger partial charge in [0.05, 0.1) is 20.5 Å². The monoisotopic (exact) mass is 451 g/mol. The first-order valence-electron chi connectivity index (χ1n) is 8.56. The Bertz CT molecular complexity index is 1010. The van der Waals surface area contributed by atoms with Crippen LogP contribution in [0.4, 0.5) is 0 Å². The SMILES string of the molecule is O=C(c1csc(-c2cccs2)n1)N1CCN(C(=O)c2cccc(Cl)c2Cl)CC1. The van der Waals surface area contributed by atoms with Crippen LogP contribution in [0.5, 0.6) is 0 Å². The molecule has 9 heteroatoms. The number of thiophene rings is 1. The zero-order chi connectivity index (χ0) is 19.7. The number of carbonyl (C=O) groups excluding carboxylic acids is 2. The maximum atomic E-state index is 12.8. The molecule has 0 bridgehead atoms. The third kappa shape index (κ3) is 3.80. The molecule has 3 heterocycles. The summed E-state index contributed by atoms with van der Waals surface area (Å²) in [7, 11) is 0. The number of amides is 2. The van der Waals surface area contributed by atoms with Crippen molar-refractivity contribution in [2.24, 2.45) is 0 Å². The number of carbonyl (C=O) groups is 2. The number of thiazole rings is 1. The predicted octanol–water partition coefficient (Wildman–Crippen LogP) is 4.78. The number of benzene rings is 1. The Morgan fingerprint density at radius 3 is 2.32 bits per heavy atom. The number of hydrogen-bond donors (Lipinski definition) is 0. The summed E-state index contributed by atoms with van der Waals surface area (Å²) in [5, 5.41) is 5.24. The molecule has 1 saturated heterocycles. The van der Waals surface area contributed by atoms with Gasteiger partial charge in [-0.25, -0.2) is 4.98 Å². The lowest BCUT2D eigenvalue weighted by Gasteiger charge is -2.34. The highest BCUT2D eigenvalue weighted by Gasteiger charge is 2.28. The minimum Gasteiger partial charge on any atom is -0.335 e. The predicted molar refractivity (Wildman–Crippen MR) is 114 cm³/mol. The molecular weight excluding hydrogens is 437 g/mol. The van der Waals surface area contributed by atoms with Crippen molar-refractivity contribution in [1.82, 2.24) is 14.8 Å². The van der Waals surface area contributed by atoms with Crippen LogP contribution in [0.2, 0.25) is 10.0 Å². The molecule has 2 amide bonds. The number of piperazine rings is 1. The second kappa shape index (κ2) is 8.21. The summed E-state index contributed by atoms with van der Waals surface area (Å²) in [5.41, 5.74) is 0.833. The van der Waals surface area contributed by atoms with Crippen LogP contribution in [0.15, 0.2) is 41.1 Å². The fourth-order valence-electron chi connectivity index (χ4n) is 3.00. The van der Waals surface area contributed by atoms with E-state index in [-0.39, 0.29) is 16.8 Å². The standard InChI is InChI=1S/C19H15Cl2N3O2S2/c20-13-4-1-3-12(16(13)21)18(25)23-6-8-24(9-7-23)19(26)14-11-28-17(22-14)15-5-2-10-27-15/h1-5,10-11H,6-9H2. The highest BCUT2D eigenvalue weighted by Crippen LogP contribution is 2.29. The van der Waals surface area contributed by atoms with E-state index in [0.717, 1.165) is 9.88 Å². The van der Waals surface area contributed by atoms with Crippen molar-refractivity contribution in [2.75, 3.05) is 26.2 Å². The number of halogens is 2. The second-order valence-electron chi connectivity index (χ2n) is 6.20. The lowest BCUT2D eigenvalue weighted by atomic mass is 10.1. The Morgan fingerprint density at radius 1 is 0.929 bits per heavy atom. The molecule has 3 aromatic rings. The van der Waals surface area contributed by atoms with Crippen molar-refractivity contribution in [1.29, 1.82) is 0 Å². The van der Waals surface area contributed by atoms with E-state index < -0.39 is 0 Å². The highest BCUT2D eigenvalue weighted by molar-refractivity contribution is 7.20. The molecule has 5 nitrogen and oxygen atoms in total. The Balaban J connectivity index is 1.40. The fraction of sp³-hybridized carbons (Fsp3) is 0.211. The minimum atomic E-state index is -0.173. The average molecular weight is 452 g/mol. The van der Waals surface area contributed by atoms with Crippen LogP contribution in [0.3, 0.4) is 0 Å². The van der Waals surface area contributed by atoms with Crippen LogP contribution in [0, 0.1) is 0 Å². The summed E-state index contributed by atoms with van der Waals surface area (Å²) in [6.45, 7) is 1.79. The molecular formula is C19H15Cl2N3O2S2. The largest absolute Gasteiger partial charge is 0.335 e. The highest BCUT2D eigenvalue weighted by atomic mass is 35.5. The summed E-state index contributed by atoms with van der Waals surface area (Å²) in [5.74, 6) is -0.278. The van der Waals surface area contributed by atoms with Crippen molar-refractivity contribution in [3.05, 3.63) is 62.4 Å². The van der Waals surface area contributed by atoms with E-state index in [1.54, 1.807) is 44.7 Å². The molecule has 0 spiro atoms. The van der Waals surface area contributed by atoms with E-state index in [2.05, 4.69) is 4.98 Å². The quantitative estimate of drug-likeness (QED) is 0.575. The van der Waals surface area contributed by atoms with Gasteiger partial charge in [0.2, 0.25) is 0 Å². The summed E-state index contributed by atoms with van der Waals surface area (Å²) in [6.07, 6.45) is 0. The van der Waals surface area contributed by atoms with Gasteiger partial charge in [-0.2, -0.15) is 0 Å². The normalized spacial score (nSPS) is 14.4. The van der Waals surface area contributed by atoms with Gasteiger partial charge in [-0.05, 0) is 23.6 Å². The van der Waals surface area contributed by atoms with E-state index >= 15 is 0 Å². The van der Waals surface area contributed by atoms with Crippen LogP contribution in [-0.2, 0) is 0 Å². The van der Waals surface area contributed by atoms with Gasteiger partial charge < -0.3 is 9.80 Å². The van der Waals surface area contributed by atoms with Gasteiger partial charge in [-0.1, -0.05) is 35.3 Å².